The Balaban J connectivity index is 1.22. The largest absolute Gasteiger partial charge is 0.493 e. The van der Waals surface area contributed by atoms with Gasteiger partial charge in [0, 0.05) is 44.8 Å². The quantitative estimate of drug-likeness (QED) is 0.413. The van der Waals surface area contributed by atoms with Gasteiger partial charge in [0.25, 0.3) is 5.91 Å². The molecule has 40 heavy (non-hydrogen) atoms. The first-order valence-electron chi connectivity index (χ1n) is 13.6. The SMILES string of the molecule is COc1cc(C(=O)N2CCC(C3CCN(C(=O)NCCn4c(SC)nnc4SC)CC3)CC2)cc(OC)c1OC. The number of likely N-dealkylation sites (tertiary alicyclic amines) is 2. The lowest BCUT2D eigenvalue weighted by atomic mass is 9.79. The summed E-state index contributed by atoms with van der Waals surface area (Å²) in [5, 5.41) is 13.2. The smallest absolute Gasteiger partial charge is 0.317 e. The number of hydrogen-bond donors (Lipinski definition) is 1. The normalized spacial score (nSPS) is 16.6. The molecule has 2 aliphatic heterocycles. The second-order valence-electron chi connectivity index (χ2n) is 9.93. The van der Waals surface area contributed by atoms with Gasteiger partial charge in [-0.3, -0.25) is 9.36 Å². The topological polar surface area (TPSA) is 111 Å². The predicted molar refractivity (Wildman–Crippen MR) is 156 cm³/mol. The second kappa shape index (κ2) is 14.2. The minimum Gasteiger partial charge on any atom is -0.493 e. The third kappa shape index (κ3) is 6.73. The molecule has 0 saturated carbocycles. The minimum atomic E-state index is -0.0232. The molecule has 3 heterocycles. The Bertz CT molecular complexity index is 1120. The highest BCUT2D eigenvalue weighted by atomic mass is 32.2. The molecule has 0 unspecified atom stereocenters. The maximum Gasteiger partial charge on any atom is 0.317 e. The van der Waals surface area contributed by atoms with Gasteiger partial charge >= 0.3 is 6.03 Å². The number of thioether (sulfide) groups is 2. The summed E-state index contributed by atoms with van der Waals surface area (Å²) in [6, 6.07) is 3.42. The van der Waals surface area contributed by atoms with Crippen molar-refractivity contribution in [3.63, 3.8) is 0 Å². The van der Waals surface area contributed by atoms with Gasteiger partial charge in [0.2, 0.25) is 5.75 Å². The average molecular weight is 593 g/mol. The molecule has 3 amide bonds. The van der Waals surface area contributed by atoms with Crippen LogP contribution >= 0.6 is 23.5 Å². The Morgan fingerprint density at radius 2 is 1.35 bits per heavy atom. The molecule has 2 aliphatic rings. The number of nitrogens with zero attached hydrogens (tertiary/aromatic N) is 5. The summed E-state index contributed by atoms with van der Waals surface area (Å²) in [7, 11) is 4.65. The van der Waals surface area contributed by atoms with Crippen LogP contribution in [0.3, 0.4) is 0 Å². The van der Waals surface area contributed by atoms with Crippen LogP contribution < -0.4 is 19.5 Å². The van der Waals surface area contributed by atoms with Crippen molar-refractivity contribution in [2.75, 3.05) is 66.6 Å². The van der Waals surface area contributed by atoms with Crippen LogP contribution in [0.15, 0.2) is 22.4 Å². The van der Waals surface area contributed by atoms with Crippen molar-refractivity contribution < 1.29 is 23.8 Å². The summed E-state index contributed by atoms with van der Waals surface area (Å²) >= 11 is 3.11. The molecule has 0 atom stereocenters. The van der Waals surface area contributed by atoms with Crippen molar-refractivity contribution >= 4 is 35.5 Å². The standard InChI is InChI=1S/C27H40N6O5S2/c1-36-21-16-20(17-22(37-2)23(21)38-3)24(34)31-11-6-18(7-12-31)19-8-13-32(14-9-19)25(35)28-10-15-33-26(39-4)29-30-27(33)40-5/h16-19H,6-15H2,1-5H3,(H,28,35). The Morgan fingerprint density at radius 1 is 0.850 bits per heavy atom. The van der Waals surface area contributed by atoms with E-state index in [2.05, 4.69) is 15.5 Å². The van der Waals surface area contributed by atoms with Crippen molar-refractivity contribution in [1.29, 1.82) is 0 Å². The molecule has 0 bridgehead atoms. The van der Waals surface area contributed by atoms with Crippen LogP contribution in [-0.4, -0.2) is 103 Å². The minimum absolute atomic E-state index is 0.00584. The number of ether oxygens (including phenoxy) is 3. The van der Waals surface area contributed by atoms with Gasteiger partial charge < -0.3 is 29.3 Å². The van der Waals surface area contributed by atoms with Crippen LogP contribution in [0.5, 0.6) is 17.2 Å². The summed E-state index contributed by atoms with van der Waals surface area (Å²) in [5.41, 5.74) is 0.533. The average Bonchev–Trinajstić information content (AvgIpc) is 3.41. The van der Waals surface area contributed by atoms with Crippen LogP contribution in [0.4, 0.5) is 4.79 Å². The summed E-state index contributed by atoms with van der Waals surface area (Å²) in [6.45, 7) is 4.16. The number of carbonyl (C=O) groups is 2. The van der Waals surface area contributed by atoms with Crippen molar-refractivity contribution in [2.45, 2.75) is 42.5 Å². The first-order chi connectivity index (χ1) is 19.4. The van der Waals surface area contributed by atoms with E-state index >= 15 is 0 Å². The van der Waals surface area contributed by atoms with E-state index in [4.69, 9.17) is 14.2 Å². The molecule has 4 rings (SSSR count). The Morgan fingerprint density at radius 3 is 1.80 bits per heavy atom. The van der Waals surface area contributed by atoms with Gasteiger partial charge in [-0.25, -0.2) is 4.79 Å². The number of hydrogen-bond acceptors (Lipinski definition) is 9. The number of urea groups is 1. The third-order valence-corrected chi connectivity index (χ3v) is 9.23. The number of amides is 3. The first-order valence-corrected chi connectivity index (χ1v) is 16.0. The molecule has 1 N–H and O–H groups in total. The lowest BCUT2D eigenvalue weighted by molar-refractivity contribution is 0.0615. The summed E-state index contributed by atoms with van der Waals surface area (Å²) in [5.74, 6) is 2.55. The highest BCUT2D eigenvalue weighted by Gasteiger charge is 2.32. The van der Waals surface area contributed by atoms with Gasteiger partial charge in [0.15, 0.2) is 21.8 Å². The molecular weight excluding hydrogens is 552 g/mol. The number of piperidine rings is 2. The molecule has 2 saturated heterocycles. The number of rotatable bonds is 10. The first kappa shape index (κ1) is 30.2. The van der Waals surface area contributed by atoms with Gasteiger partial charge in [-0.2, -0.15) is 0 Å². The van der Waals surface area contributed by atoms with E-state index < -0.39 is 0 Å². The summed E-state index contributed by atoms with van der Waals surface area (Å²) in [6.07, 6.45) is 7.90. The van der Waals surface area contributed by atoms with Gasteiger partial charge in [0.05, 0.1) is 21.3 Å². The third-order valence-electron chi connectivity index (χ3n) is 7.89. The second-order valence-corrected chi connectivity index (χ2v) is 11.5. The van der Waals surface area contributed by atoms with E-state index in [1.165, 1.54) is 0 Å². The Labute approximate surface area is 244 Å². The molecule has 1 aromatic carbocycles. The van der Waals surface area contributed by atoms with Crippen molar-refractivity contribution in [2.24, 2.45) is 11.8 Å². The van der Waals surface area contributed by atoms with Crippen LogP contribution in [0, 0.1) is 11.8 Å². The highest BCUT2D eigenvalue weighted by molar-refractivity contribution is 7.99. The number of carbonyl (C=O) groups excluding carboxylic acids is 2. The number of aromatic nitrogens is 3. The van der Waals surface area contributed by atoms with E-state index in [1.54, 1.807) is 57.0 Å². The lowest BCUT2D eigenvalue weighted by Crippen LogP contribution is -2.47. The predicted octanol–water partition coefficient (Wildman–Crippen LogP) is 3.72. The van der Waals surface area contributed by atoms with E-state index in [9.17, 15) is 9.59 Å². The molecule has 0 aliphatic carbocycles. The number of benzene rings is 1. The fraction of sp³-hybridized carbons (Fsp3) is 0.630. The fourth-order valence-corrected chi connectivity index (χ4v) is 6.79. The molecule has 13 heteroatoms. The summed E-state index contributed by atoms with van der Waals surface area (Å²) < 4.78 is 18.3. The monoisotopic (exact) mass is 592 g/mol. The molecule has 1 aromatic heterocycles. The lowest BCUT2D eigenvalue weighted by Gasteiger charge is -2.40. The molecular formula is C27H40N6O5S2. The van der Waals surface area contributed by atoms with Crippen LogP contribution in [-0.2, 0) is 6.54 Å². The molecule has 11 nitrogen and oxygen atoms in total. The van der Waals surface area contributed by atoms with Crippen molar-refractivity contribution in [3.8, 4) is 17.2 Å². The van der Waals surface area contributed by atoms with E-state index in [0.717, 1.165) is 62.2 Å². The summed E-state index contributed by atoms with van der Waals surface area (Å²) in [4.78, 5) is 29.9. The molecule has 2 fully saturated rings. The fourth-order valence-electron chi connectivity index (χ4n) is 5.69. The number of nitrogens with one attached hydrogen (secondary N) is 1. The molecule has 0 spiro atoms. The van der Waals surface area contributed by atoms with Crippen LogP contribution in [0.1, 0.15) is 36.0 Å². The zero-order valence-corrected chi connectivity index (χ0v) is 25.6. The van der Waals surface area contributed by atoms with Crippen molar-refractivity contribution in [1.82, 2.24) is 29.9 Å². The highest BCUT2D eigenvalue weighted by Crippen LogP contribution is 2.39. The van der Waals surface area contributed by atoms with Gasteiger partial charge in [0.1, 0.15) is 0 Å². The molecule has 2 aromatic rings. The van der Waals surface area contributed by atoms with Gasteiger partial charge in [-0.15, -0.1) is 10.2 Å². The molecule has 0 radical (unpaired) electrons. The van der Waals surface area contributed by atoms with Crippen LogP contribution in [0.2, 0.25) is 0 Å². The Hall–Kier alpha value is -2.80. The number of methoxy groups -OCH3 is 3. The Kier molecular flexibility index (Phi) is 10.7. The van der Waals surface area contributed by atoms with Crippen LogP contribution in [0.25, 0.3) is 0 Å². The van der Waals surface area contributed by atoms with Gasteiger partial charge in [-0.05, 0) is 62.2 Å². The van der Waals surface area contributed by atoms with Gasteiger partial charge in [-0.1, -0.05) is 23.5 Å². The maximum absolute atomic E-state index is 13.3. The zero-order valence-electron chi connectivity index (χ0n) is 24.0. The van der Waals surface area contributed by atoms with E-state index in [-0.39, 0.29) is 11.9 Å². The maximum atomic E-state index is 13.3. The van der Waals surface area contributed by atoms with E-state index in [1.807, 2.05) is 26.9 Å². The van der Waals surface area contributed by atoms with E-state index in [0.29, 0.717) is 47.7 Å². The molecule has 220 valence electrons. The zero-order chi connectivity index (χ0) is 28.6. The van der Waals surface area contributed by atoms with Crippen molar-refractivity contribution in [3.05, 3.63) is 17.7 Å².